The smallest absolute Gasteiger partial charge is 0.240 e. The minimum absolute atomic E-state index is 0.0924. The van der Waals surface area contributed by atoms with E-state index in [4.69, 9.17) is 31.3 Å². The summed E-state index contributed by atoms with van der Waals surface area (Å²) in [5.74, 6) is 0.811. The number of rotatable bonds is 2. The van der Waals surface area contributed by atoms with Crippen LogP contribution in [-0.4, -0.2) is 44.8 Å². The van der Waals surface area contributed by atoms with E-state index in [9.17, 15) is 0 Å². The van der Waals surface area contributed by atoms with Gasteiger partial charge in [-0.15, -0.1) is 11.3 Å². The summed E-state index contributed by atoms with van der Waals surface area (Å²) >= 11 is 7.86. The summed E-state index contributed by atoms with van der Waals surface area (Å²) in [6, 6.07) is 4.07. The molecule has 0 bridgehead atoms. The lowest BCUT2D eigenvalue weighted by molar-refractivity contribution is 0.428. The standard InChI is InChI=1S/C22H18ClN7OS/c23-21-29-12-3-6-24-7-11(12)20(30-21)31-16-9-25-18-13(28-16)1-2-14-17(18)19-15(32-14)8-27-22(4-5-22)10-26-19/h1-2,8-9,24,26H,3-7,10H2. The number of ether oxygens (including phenoxy) is 1. The van der Waals surface area contributed by atoms with Gasteiger partial charge in [-0.1, -0.05) is 0 Å². The Morgan fingerprint density at radius 2 is 2.09 bits per heavy atom. The van der Waals surface area contributed by atoms with Gasteiger partial charge in [-0.25, -0.2) is 15.0 Å². The van der Waals surface area contributed by atoms with Crippen LogP contribution in [0, 0.1) is 0 Å². The maximum absolute atomic E-state index is 6.13. The van der Waals surface area contributed by atoms with Crippen LogP contribution in [0.15, 0.2) is 23.3 Å². The predicted molar refractivity (Wildman–Crippen MR) is 125 cm³/mol. The monoisotopic (exact) mass is 463 g/mol. The molecule has 0 amide bonds. The van der Waals surface area contributed by atoms with E-state index in [1.807, 2.05) is 12.3 Å². The van der Waals surface area contributed by atoms with E-state index in [1.54, 1.807) is 17.5 Å². The van der Waals surface area contributed by atoms with Crippen molar-refractivity contribution >= 4 is 56.0 Å². The fraction of sp³-hybridized carbons (Fsp3) is 0.318. The summed E-state index contributed by atoms with van der Waals surface area (Å²) in [6.07, 6.45) is 6.77. The van der Waals surface area contributed by atoms with Crippen molar-refractivity contribution in [3.8, 4) is 11.8 Å². The van der Waals surface area contributed by atoms with Crippen LogP contribution in [0.5, 0.6) is 11.8 Å². The number of fused-ring (bicyclic) bond motifs is 6. The van der Waals surface area contributed by atoms with Crippen molar-refractivity contribution in [2.24, 2.45) is 4.99 Å². The van der Waals surface area contributed by atoms with Crippen LogP contribution in [0.4, 0.5) is 5.69 Å². The Bertz CT molecular complexity index is 1450. The molecule has 1 aliphatic carbocycles. The third kappa shape index (κ3) is 2.96. The van der Waals surface area contributed by atoms with Gasteiger partial charge in [0, 0.05) is 42.4 Å². The fourth-order valence-corrected chi connectivity index (χ4v) is 5.63. The Balaban J connectivity index is 1.30. The molecule has 0 radical (unpaired) electrons. The fourth-order valence-electron chi connectivity index (χ4n) is 4.40. The molecule has 10 heteroatoms. The topological polar surface area (TPSA) is 97.2 Å². The van der Waals surface area contributed by atoms with Gasteiger partial charge in [0.2, 0.25) is 17.0 Å². The zero-order valence-electron chi connectivity index (χ0n) is 17.0. The molecule has 160 valence electrons. The lowest BCUT2D eigenvalue weighted by atomic mass is 10.1. The van der Waals surface area contributed by atoms with E-state index in [-0.39, 0.29) is 10.8 Å². The number of aliphatic imine (C=N–C) groups is 1. The van der Waals surface area contributed by atoms with Gasteiger partial charge in [-0.2, -0.15) is 4.98 Å². The molecule has 1 aromatic carbocycles. The lowest BCUT2D eigenvalue weighted by Crippen LogP contribution is -2.25. The van der Waals surface area contributed by atoms with Crippen LogP contribution in [-0.2, 0) is 13.0 Å². The first-order valence-electron chi connectivity index (χ1n) is 10.6. The van der Waals surface area contributed by atoms with Crippen LogP contribution in [0.1, 0.15) is 29.0 Å². The SMILES string of the molecule is Clc1nc2c(c(Oc3cnc4c(ccc5sc6c(c54)NCC4(CC4)N=C6)n3)n1)CNCC2. The van der Waals surface area contributed by atoms with Crippen LogP contribution >= 0.6 is 22.9 Å². The first-order chi connectivity index (χ1) is 15.7. The molecule has 4 aromatic rings. The first kappa shape index (κ1) is 18.7. The summed E-state index contributed by atoms with van der Waals surface area (Å²) in [5, 5.41) is 8.23. The largest absolute Gasteiger partial charge is 0.418 e. The zero-order valence-corrected chi connectivity index (χ0v) is 18.6. The number of thiophene rings is 1. The van der Waals surface area contributed by atoms with Crippen molar-refractivity contribution in [3.63, 3.8) is 0 Å². The Kier molecular flexibility index (Phi) is 3.97. The molecule has 1 fully saturated rings. The molecule has 2 aliphatic heterocycles. The van der Waals surface area contributed by atoms with Gasteiger partial charge in [0.15, 0.2) is 0 Å². The molecule has 0 atom stereocenters. The minimum Gasteiger partial charge on any atom is -0.418 e. The Morgan fingerprint density at radius 1 is 1.16 bits per heavy atom. The quantitative estimate of drug-likeness (QED) is 0.432. The molecule has 1 spiro atoms. The number of anilines is 1. The average Bonchev–Trinajstić information content (AvgIpc) is 3.52. The molecule has 32 heavy (non-hydrogen) atoms. The highest BCUT2D eigenvalue weighted by atomic mass is 35.5. The van der Waals surface area contributed by atoms with Crippen molar-refractivity contribution in [3.05, 3.63) is 39.7 Å². The number of halogens is 1. The van der Waals surface area contributed by atoms with E-state index >= 15 is 0 Å². The van der Waals surface area contributed by atoms with Crippen molar-refractivity contribution in [2.75, 3.05) is 18.4 Å². The van der Waals surface area contributed by atoms with Gasteiger partial charge < -0.3 is 15.4 Å². The molecule has 3 aromatic heterocycles. The second-order valence-corrected chi connectivity index (χ2v) is 9.87. The minimum atomic E-state index is 0.0924. The van der Waals surface area contributed by atoms with E-state index in [1.165, 1.54) is 4.70 Å². The number of benzene rings is 1. The third-order valence-electron chi connectivity index (χ3n) is 6.32. The molecular weight excluding hydrogens is 446 g/mol. The molecular formula is C22H18ClN7OS. The van der Waals surface area contributed by atoms with Crippen LogP contribution in [0.2, 0.25) is 5.28 Å². The van der Waals surface area contributed by atoms with Crippen molar-refractivity contribution in [1.29, 1.82) is 0 Å². The van der Waals surface area contributed by atoms with Gasteiger partial charge in [0.25, 0.3) is 0 Å². The summed E-state index contributed by atoms with van der Waals surface area (Å²) < 4.78 is 7.21. The van der Waals surface area contributed by atoms with Crippen LogP contribution < -0.4 is 15.4 Å². The Labute approximate surface area is 192 Å². The Hall–Kier alpha value is -2.88. The normalized spacial score (nSPS) is 18.3. The van der Waals surface area contributed by atoms with Crippen LogP contribution in [0.25, 0.3) is 21.1 Å². The molecule has 3 aliphatic rings. The number of hydrogen-bond donors (Lipinski definition) is 2. The van der Waals surface area contributed by atoms with Gasteiger partial charge in [-0.3, -0.25) is 4.99 Å². The van der Waals surface area contributed by atoms with Gasteiger partial charge >= 0.3 is 0 Å². The number of aromatic nitrogens is 4. The van der Waals surface area contributed by atoms with Gasteiger partial charge in [0.05, 0.1) is 44.6 Å². The third-order valence-corrected chi connectivity index (χ3v) is 7.57. The van der Waals surface area contributed by atoms with E-state index in [2.05, 4.69) is 26.7 Å². The molecule has 7 rings (SSSR count). The average molecular weight is 464 g/mol. The summed E-state index contributed by atoms with van der Waals surface area (Å²) in [5.41, 5.74) is 4.65. The summed E-state index contributed by atoms with van der Waals surface area (Å²) in [4.78, 5) is 24.1. The zero-order chi connectivity index (χ0) is 21.3. The predicted octanol–water partition coefficient (Wildman–Crippen LogP) is 4.10. The highest BCUT2D eigenvalue weighted by Crippen LogP contribution is 2.45. The maximum atomic E-state index is 6.13. The van der Waals surface area contributed by atoms with Gasteiger partial charge in [0.1, 0.15) is 0 Å². The van der Waals surface area contributed by atoms with Crippen molar-refractivity contribution in [1.82, 2.24) is 25.3 Å². The van der Waals surface area contributed by atoms with Crippen molar-refractivity contribution < 1.29 is 4.74 Å². The molecule has 8 nitrogen and oxygen atoms in total. The summed E-state index contributed by atoms with van der Waals surface area (Å²) in [7, 11) is 0. The first-order valence-corrected chi connectivity index (χ1v) is 11.8. The number of nitrogens with one attached hydrogen (secondary N) is 2. The van der Waals surface area contributed by atoms with E-state index in [0.29, 0.717) is 18.3 Å². The van der Waals surface area contributed by atoms with Crippen molar-refractivity contribution in [2.45, 2.75) is 31.3 Å². The van der Waals surface area contributed by atoms with E-state index < -0.39 is 0 Å². The number of hydrogen-bond acceptors (Lipinski definition) is 9. The Morgan fingerprint density at radius 3 is 3.00 bits per heavy atom. The van der Waals surface area contributed by atoms with Gasteiger partial charge in [-0.05, 0) is 36.6 Å². The summed E-state index contributed by atoms with van der Waals surface area (Å²) in [6.45, 7) is 2.36. The second-order valence-electron chi connectivity index (χ2n) is 8.44. The maximum Gasteiger partial charge on any atom is 0.240 e. The lowest BCUT2D eigenvalue weighted by Gasteiger charge is -2.18. The number of nitrogens with zero attached hydrogens (tertiary/aromatic N) is 5. The molecule has 0 saturated heterocycles. The van der Waals surface area contributed by atoms with Crippen LogP contribution in [0.3, 0.4) is 0 Å². The van der Waals surface area contributed by atoms with E-state index in [0.717, 1.165) is 70.6 Å². The highest BCUT2D eigenvalue weighted by Gasteiger charge is 2.43. The highest BCUT2D eigenvalue weighted by molar-refractivity contribution is 7.21. The molecule has 2 N–H and O–H groups in total. The second kappa shape index (κ2) is 6.81. The molecule has 1 saturated carbocycles. The molecule has 0 unspecified atom stereocenters. The molecule has 5 heterocycles.